The molecule has 0 bridgehead atoms. The summed E-state index contributed by atoms with van der Waals surface area (Å²) in [7, 11) is 0. The van der Waals surface area contributed by atoms with Crippen LogP contribution in [0.3, 0.4) is 0 Å². The maximum atomic E-state index is 10.9. The smallest absolute Gasteiger partial charge is 0.390 e. The van der Waals surface area contributed by atoms with Gasteiger partial charge in [-0.2, -0.15) is 0 Å². The third kappa shape index (κ3) is 2.88. The zero-order valence-corrected chi connectivity index (χ0v) is 10.0. The topological polar surface area (TPSA) is 39.2 Å². The molecule has 0 unspecified atom stereocenters. The van der Waals surface area contributed by atoms with Crippen molar-refractivity contribution in [2.75, 3.05) is 0 Å². The van der Waals surface area contributed by atoms with Gasteiger partial charge in [-0.05, 0) is 23.8 Å². The predicted molar refractivity (Wildman–Crippen MR) is 69.2 cm³/mol. The number of rotatable bonds is 2. The number of carbonyl (C=O) groups is 1. The normalized spacial score (nSPS) is 9.56. The lowest BCUT2D eigenvalue weighted by molar-refractivity contribution is -0.128. The third-order valence-electron chi connectivity index (χ3n) is 2.23. The van der Waals surface area contributed by atoms with Gasteiger partial charge in [0.25, 0.3) is 0 Å². The first-order chi connectivity index (χ1) is 8.69. The highest BCUT2D eigenvalue weighted by molar-refractivity contribution is 6.30. The van der Waals surface area contributed by atoms with Gasteiger partial charge in [0.1, 0.15) is 0 Å². The molecule has 2 rings (SSSR count). The van der Waals surface area contributed by atoms with E-state index in [-0.39, 0.29) is 5.88 Å². The van der Waals surface area contributed by atoms with Crippen LogP contribution in [0.4, 0.5) is 0 Å². The number of halogens is 1. The van der Waals surface area contributed by atoms with Crippen LogP contribution in [0.2, 0.25) is 5.02 Å². The molecule has 0 saturated carbocycles. The molecule has 0 aliphatic carbocycles. The highest BCUT2D eigenvalue weighted by Crippen LogP contribution is 2.22. The van der Waals surface area contributed by atoms with Crippen molar-refractivity contribution in [3.63, 3.8) is 0 Å². The Morgan fingerprint density at radius 2 is 1.83 bits per heavy atom. The molecule has 1 heterocycles. The monoisotopic (exact) mass is 257 g/mol. The Morgan fingerprint density at radius 1 is 1.17 bits per heavy atom. The van der Waals surface area contributed by atoms with E-state index in [1.165, 1.54) is 0 Å². The average Bonchev–Trinajstić information content (AvgIpc) is 2.40. The largest absolute Gasteiger partial charge is 0.398 e. The lowest BCUT2D eigenvalue weighted by Gasteiger charge is -2.03. The van der Waals surface area contributed by atoms with E-state index in [0.29, 0.717) is 5.02 Å². The number of benzene rings is 1. The molecule has 0 saturated heterocycles. The standard InChI is InChI=1S/C14H8ClNO2/c1-2-14(17)18-13-8-5-11(9-16-13)10-3-6-12(15)7-4-10/h1,3-9H. The minimum Gasteiger partial charge on any atom is -0.398 e. The van der Waals surface area contributed by atoms with Crippen LogP contribution in [-0.4, -0.2) is 11.0 Å². The number of terminal acetylenes is 1. The zero-order valence-electron chi connectivity index (χ0n) is 9.26. The van der Waals surface area contributed by atoms with Gasteiger partial charge in [-0.1, -0.05) is 23.7 Å². The van der Waals surface area contributed by atoms with Crippen molar-refractivity contribution < 1.29 is 9.53 Å². The first-order valence-electron chi connectivity index (χ1n) is 5.09. The van der Waals surface area contributed by atoms with Gasteiger partial charge in [0.2, 0.25) is 5.88 Å². The molecule has 0 aliphatic rings. The highest BCUT2D eigenvalue weighted by atomic mass is 35.5. The van der Waals surface area contributed by atoms with Crippen LogP contribution >= 0.6 is 11.6 Å². The van der Waals surface area contributed by atoms with Crippen molar-refractivity contribution in [2.24, 2.45) is 0 Å². The Balaban J connectivity index is 2.20. The van der Waals surface area contributed by atoms with Crippen molar-refractivity contribution in [2.45, 2.75) is 0 Å². The molecule has 0 aliphatic heterocycles. The van der Waals surface area contributed by atoms with Gasteiger partial charge < -0.3 is 4.74 Å². The fraction of sp³-hybridized carbons (Fsp3) is 0. The maximum absolute atomic E-state index is 10.9. The van der Waals surface area contributed by atoms with Crippen LogP contribution in [0.1, 0.15) is 0 Å². The summed E-state index contributed by atoms with van der Waals surface area (Å²) in [5.74, 6) is 1.26. The van der Waals surface area contributed by atoms with Crippen LogP contribution < -0.4 is 4.74 Å². The minimum atomic E-state index is -0.762. The Morgan fingerprint density at radius 3 is 2.39 bits per heavy atom. The number of nitrogens with zero attached hydrogens (tertiary/aromatic N) is 1. The molecule has 88 valence electrons. The molecule has 1 aromatic heterocycles. The first kappa shape index (κ1) is 12.2. The second kappa shape index (κ2) is 5.35. The molecule has 0 radical (unpaired) electrons. The van der Waals surface area contributed by atoms with E-state index in [4.69, 9.17) is 22.8 Å². The molecule has 4 heteroatoms. The van der Waals surface area contributed by atoms with Gasteiger partial charge in [-0.3, -0.25) is 0 Å². The number of hydrogen-bond acceptors (Lipinski definition) is 3. The molecule has 18 heavy (non-hydrogen) atoms. The summed E-state index contributed by atoms with van der Waals surface area (Å²) in [6, 6.07) is 10.7. The van der Waals surface area contributed by atoms with Gasteiger partial charge in [-0.15, -0.1) is 6.42 Å². The summed E-state index contributed by atoms with van der Waals surface area (Å²) < 4.78 is 4.77. The number of aromatic nitrogens is 1. The number of ether oxygens (including phenoxy) is 1. The predicted octanol–water partition coefficient (Wildman–Crippen LogP) is 2.94. The molecular weight excluding hydrogens is 250 g/mol. The summed E-state index contributed by atoms with van der Waals surface area (Å²) in [5, 5.41) is 0.672. The fourth-order valence-electron chi connectivity index (χ4n) is 1.38. The Hall–Kier alpha value is -2.31. The molecule has 3 nitrogen and oxygen atoms in total. The van der Waals surface area contributed by atoms with Crippen molar-refractivity contribution in [1.29, 1.82) is 0 Å². The van der Waals surface area contributed by atoms with Gasteiger partial charge in [0.05, 0.1) is 0 Å². The van der Waals surface area contributed by atoms with Crippen molar-refractivity contribution in [3.8, 4) is 29.4 Å². The van der Waals surface area contributed by atoms with Crippen molar-refractivity contribution in [1.82, 2.24) is 4.98 Å². The minimum absolute atomic E-state index is 0.177. The van der Waals surface area contributed by atoms with Crippen LogP contribution in [0.5, 0.6) is 5.88 Å². The van der Waals surface area contributed by atoms with E-state index < -0.39 is 5.97 Å². The fourth-order valence-corrected chi connectivity index (χ4v) is 1.50. The van der Waals surface area contributed by atoms with E-state index >= 15 is 0 Å². The molecule has 0 atom stereocenters. The third-order valence-corrected chi connectivity index (χ3v) is 2.48. The zero-order chi connectivity index (χ0) is 13.0. The number of pyridine rings is 1. The summed E-state index contributed by atoms with van der Waals surface area (Å²) in [4.78, 5) is 14.9. The lowest BCUT2D eigenvalue weighted by atomic mass is 10.1. The molecule has 0 fully saturated rings. The van der Waals surface area contributed by atoms with Crippen molar-refractivity contribution >= 4 is 17.6 Å². The molecule has 2 aromatic rings. The Kier molecular flexibility index (Phi) is 3.61. The molecule has 0 amide bonds. The quantitative estimate of drug-likeness (QED) is 0.472. The summed E-state index contributed by atoms with van der Waals surface area (Å²) >= 11 is 5.81. The molecule has 0 spiro atoms. The summed E-state index contributed by atoms with van der Waals surface area (Å²) in [6.45, 7) is 0. The van der Waals surface area contributed by atoms with Gasteiger partial charge >= 0.3 is 5.97 Å². The van der Waals surface area contributed by atoms with E-state index in [2.05, 4.69) is 4.98 Å². The summed E-state index contributed by atoms with van der Waals surface area (Å²) in [6.07, 6.45) is 6.49. The molecule has 0 N–H and O–H groups in total. The van der Waals surface area contributed by atoms with E-state index in [0.717, 1.165) is 11.1 Å². The van der Waals surface area contributed by atoms with Gasteiger partial charge in [0.15, 0.2) is 0 Å². The first-order valence-corrected chi connectivity index (χ1v) is 5.47. The second-order valence-electron chi connectivity index (χ2n) is 3.43. The molecular formula is C14H8ClNO2. The SMILES string of the molecule is C#CC(=O)Oc1ccc(-c2ccc(Cl)cc2)cn1. The number of carbonyl (C=O) groups excluding carboxylic acids is 1. The molecule has 1 aromatic carbocycles. The van der Waals surface area contributed by atoms with Crippen LogP contribution in [0.25, 0.3) is 11.1 Å². The average molecular weight is 258 g/mol. The second-order valence-corrected chi connectivity index (χ2v) is 3.86. The van der Waals surface area contributed by atoms with Crippen LogP contribution in [-0.2, 0) is 4.79 Å². The Bertz CT molecular complexity index is 597. The van der Waals surface area contributed by atoms with Gasteiger partial charge in [-0.25, -0.2) is 9.78 Å². The maximum Gasteiger partial charge on any atom is 0.390 e. The van der Waals surface area contributed by atoms with Crippen LogP contribution in [0, 0.1) is 12.3 Å². The van der Waals surface area contributed by atoms with Crippen molar-refractivity contribution in [3.05, 3.63) is 47.6 Å². The number of hydrogen-bond donors (Lipinski definition) is 0. The van der Waals surface area contributed by atoms with Gasteiger partial charge in [0, 0.05) is 28.8 Å². The van der Waals surface area contributed by atoms with E-state index in [1.807, 2.05) is 18.1 Å². The number of esters is 1. The highest BCUT2D eigenvalue weighted by Gasteiger charge is 2.03. The van der Waals surface area contributed by atoms with E-state index in [9.17, 15) is 4.79 Å². The summed E-state index contributed by atoms with van der Waals surface area (Å²) in [5.41, 5.74) is 1.87. The lowest BCUT2D eigenvalue weighted by Crippen LogP contribution is -2.04. The Labute approximate surface area is 109 Å². The van der Waals surface area contributed by atoms with E-state index in [1.54, 1.807) is 30.5 Å². The van der Waals surface area contributed by atoms with Crippen LogP contribution in [0.15, 0.2) is 42.6 Å².